The molecule has 0 saturated heterocycles. The average Bonchev–Trinajstić information content (AvgIpc) is 2.26. The maximum absolute atomic E-state index is 11.3. The zero-order chi connectivity index (χ0) is 12.1. The first kappa shape index (κ1) is 13.3. The summed E-state index contributed by atoms with van der Waals surface area (Å²) in [6, 6.07) is 0. The highest BCUT2D eigenvalue weighted by Gasteiger charge is 2.24. The Labute approximate surface area is 99.1 Å². The molecule has 1 rings (SSSR count). The van der Waals surface area contributed by atoms with E-state index in [-0.39, 0.29) is 5.97 Å². The summed E-state index contributed by atoms with van der Waals surface area (Å²) in [4.78, 5) is 11.3. The number of hydrogen-bond acceptors (Lipinski definition) is 2. The van der Waals surface area contributed by atoms with Crippen LogP contribution >= 0.6 is 0 Å². The molecule has 16 heavy (non-hydrogen) atoms. The molecule has 0 heterocycles. The number of ether oxygens (including phenoxy) is 1. The molecule has 0 radical (unpaired) electrons. The van der Waals surface area contributed by atoms with Gasteiger partial charge in [0.25, 0.3) is 0 Å². The lowest BCUT2D eigenvalue weighted by Crippen LogP contribution is -2.23. The quantitative estimate of drug-likeness (QED) is 0.539. The molecule has 2 heteroatoms. The lowest BCUT2D eigenvalue weighted by Gasteiger charge is -2.30. The minimum Gasteiger partial charge on any atom is -0.462 e. The van der Waals surface area contributed by atoms with Crippen LogP contribution in [0, 0.1) is 17.8 Å². The summed E-state index contributed by atoms with van der Waals surface area (Å²) >= 11 is 0. The summed E-state index contributed by atoms with van der Waals surface area (Å²) in [6.45, 7) is 10.3. The van der Waals surface area contributed by atoms with E-state index >= 15 is 0 Å². The fraction of sp³-hybridized carbons (Fsp3) is 0.786. The van der Waals surface area contributed by atoms with E-state index in [1.54, 1.807) is 6.92 Å². The van der Waals surface area contributed by atoms with E-state index in [1.807, 2.05) is 0 Å². The van der Waals surface area contributed by atoms with E-state index in [0.717, 1.165) is 11.8 Å². The van der Waals surface area contributed by atoms with Gasteiger partial charge in [0, 0.05) is 5.57 Å². The molecule has 2 nitrogen and oxygen atoms in total. The van der Waals surface area contributed by atoms with E-state index in [9.17, 15) is 4.79 Å². The van der Waals surface area contributed by atoms with Gasteiger partial charge in [-0.1, -0.05) is 33.3 Å². The van der Waals surface area contributed by atoms with Crippen molar-refractivity contribution in [1.82, 2.24) is 0 Å². The zero-order valence-electron chi connectivity index (χ0n) is 10.8. The second-order valence-electron chi connectivity index (χ2n) is 5.38. The van der Waals surface area contributed by atoms with Gasteiger partial charge in [0.05, 0.1) is 6.61 Å². The van der Waals surface area contributed by atoms with Crippen molar-refractivity contribution in [3.05, 3.63) is 12.2 Å². The van der Waals surface area contributed by atoms with Crippen molar-refractivity contribution in [1.29, 1.82) is 0 Å². The van der Waals surface area contributed by atoms with Crippen molar-refractivity contribution in [3.8, 4) is 0 Å². The van der Waals surface area contributed by atoms with Gasteiger partial charge in [-0.15, -0.1) is 0 Å². The van der Waals surface area contributed by atoms with Crippen LogP contribution in [0.3, 0.4) is 0 Å². The molecule has 0 spiro atoms. The Bertz CT molecular complexity index is 249. The van der Waals surface area contributed by atoms with Crippen molar-refractivity contribution in [2.24, 2.45) is 17.8 Å². The largest absolute Gasteiger partial charge is 0.462 e. The summed E-state index contributed by atoms with van der Waals surface area (Å²) in [5.41, 5.74) is 0.490. The van der Waals surface area contributed by atoms with Crippen LogP contribution in [-0.4, -0.2) is 12.6 Å². The molecular weight excluding hydrogens is 200 g/mol. The van der Waals surface area contributed by atoms with Gasteiger partial charge < -0.3 is 4.74 Å². The topological polar surface area (TPSA) is 26.3 Å². The first-order chi connectivity index (χ1) is 7.50. The second-order valence-corrected chi connectivity index (χ2v) is 5.38. The Balaban J connectivity index is 2.27. The Hall–Kier alpha value is -0.790. The first-order valence-corrected chi connectivity index (χ1v) is 6.33. The minimum atomic E-state index is -0.254. The summed E-state index contributed by atoms with van der Waals surface area (Å²) in [6.07, 6.45) is 5.22. The number of rotatable bonds is 4. The van der Waals surface area contributed by atoms with Crippen LogP contribution in [0.2, 0.25) is 0 Å². The molecule has 0 aromatic carbocycles. The third-order valence-corrected chi connectivity index (χ3v) is 3.69. The molecule has 1 aliphatic carbocycles. The molecule has 92 valence electrons. The predicted molar refractivity (Wildman–Crippen MR) is 66.1 cm³/mol. The van der Waals surface area contributed by atoms with Crippen LogP contribution in [0.5, 0.6) is 0 Å². The van der Waals surface area contributed by atoms with Gasteiger partial charge >= 0.3 is 5.97 Å². The smallest absolute Gasteiger partial charge is 0.333 e. The van der Waals surface area contributed by atoms with Crippen LogP contribution in [0.1, 0.15) is 46.5 Å². The van der Waals surface area contributed by atoms with Gasteiger partial charge in [-0.05, 0) is 37.5 Å². The van der Waals surface area contributed by atoms with Gasteiger partial charge in [-0.25, -0.2) is 4.79 Å². The maximum atomic E-state index is 11.3. The van der Waals surface area contributed by atoms with Gasteiger partial charge in [0.2, 0.25) is 0 Å². The Morgan fingerprint density at radius 3 is 2.44 bits per heavy atom. The van der Waals surface area contributed by atoms with Crippen molar-refractivity contribution >= 4 is 5.97 Å². The van der Waals surface area contributed by atoms with Gasteiger partial charge in [-0.3, -0.25) is 0 Å². The van der Waals surface area contributed by atoms with E-state index in [2.05, 4.69) is 20.4 Å². The molecule has 0 amide bonds. The molecule has 0 N–H and O–H groups in total. The first-order valence-electron chi connectivity index (χ1n) is 6.33. The van der Waals surface area contributed by atoms with Gasteiger partial charge in [0.15, 0.2) is 0 Å². The molecule has 0 aliphatic heterocycles. The number of hydrogen-bond donors (Lipinski definition) is 0. The highest BCUT2D eigenvalue weighted by atomic mass is 16.5. The molecule has 1 atom stereocenters. The lowest BCUT2D eigenvalue weighted by molar-refractivity contribution is -0.140. The molecule has 0 bridgehead atoms. The van der Waals surface area contributed by atoms with Gasteiger partial charge in [-0.2, -0.15) is 0 Å². The third kappa shape index (κ3) is 3.99. The van der Waals surface area contributed by atoms with Crippen LogP contribution in [0.25, 0.3) is 0 Å². The average molecular weight is 224 g/mol. The van der Waals surface area contributed by atoms with E-state index in [0.29, 0.717) is 18.1 Å². The highest BCUT2D eigenvalue weighted by molar-refractivity contribution is 5.86. The number of carbonyl (C=O) groups excluding carboxylic acids is 1. The predicted octanol–water partition coefficient (Wildman–Crippen LogP) is 3.57. The molecule has 1 fully saturated rings. The van der Waals surface area contributed by atoms with Gasteiger partial charge in [0.1, 0.15) is 0 Å². The molecule has 1 aliphatic rings. The fourth-order valence-corrected chi connectivity index (χ4v) is 2.32. The van der Waals surface area contributed by atoms with E-state index < -0.39 is 0 Å². The number of carbonyl (C=O) groups is 1. The minimum absolute atomic E-state index is 0.254. The maximum Gasteiger partial charge on any atom is 0.333 e. The molecule has 0 aromatic heterocycles. The molecular formula is C14H24O2. The Morgan fingerprint density at radius 2 is 1.94 bits per heavy atom. The van der Waals surface area contributed by atoms with Crippen LogP contribution in [0.15, 0.2) is 12.2 Å². The fourth-order valence-electron chi connectivity index (χ4n) is 2.32. The van der Waals surface area contributed by atoms with E-state index in [1.165, 1.54) is 25.7 Å². The summed E-state index contributed by atoms with van der Waals surface area (Å²) < 4.78 is 5.21. The monoisotopic (exact) mass is 224 g/mol. The lowest BCUT2D eigenvalue weighted by atomic mass is 9.77. The Morgan fingerprint density at radius 1 is 1.38 bits per heavy atom. The molecule has 1 saturated carbocycles. The summed E-state index contributed by atoms with van der Waals surface area (Å²) in [5, 5.41) is 0. The summed E-state index contributed by atoms with van der Waals surface area (Å²) in [7, 11) is 0. The standard InChI is InChI=1S/C14H24O2/c1-10(2)14(15)16-9-12(4)13-7-5-11(3)6-8-13/h11-13H,1,5-9H2,2-4H3. The normalized spacial score (nSPS) is 27.2. The second kappa shape index (κ2) is 6.07. The Kier molecular flexibility index (Phi) is 5.04. The van der Waals surface area contributed by atoms with Crippen LogP contribution in [-0.2, 0) is 9.53 Å². The van der Waals surface area contributed by atoms with Crippen molar-refractivity contribution in [2.75, 3.05) is 6.61 Å². The number of esters is 1. The van der Waals surface area contributed by atoms with E-state index in [4.69, 9.17) is 4.74 Å². The molecule has 1 unspecified atom stereocenters. The highest BCUT2D eigenvalue weighted by Crippen LogP contribution is 2.33. The van der Waals surface area contributed by atoms with Crippen molar-refractivity contribution in [3.63, 3.8) is 0 Å². The SMILES string of the molecule is C=C(C)C(=O)OCC(C)C1CCC(C)CC1. The van der Waals surface area contributed by atoms with Crippen LogP contribution < -0.4 is 0 Å². The van der Waals surface area contributed by atoms with Crippen molar-refractivity contribution in [2.45, 2.75) is 46.5 Å². The van der Waals surface area contributed by atoms with Crippen LogP contribution in [0.4, 0.5) is 0 Å². The third-order valence-electron chi connectivity index (χ3n) is 3.69. The summed E-state index contributed by atoms with van der Waals surface area (Å²) in [5.74, 6) is 1.84. The van der Waals surface area contributed by atoms with Crippen molar-refractivity contribution < 1.29 is 9.53 Å². The zero-order valence-corrected chi connectivity index (χ0v) is 10.8. The molecule has 0 aromatic rings.